The molecule has 3 rings (SSSR count). The van der Waals surface area contributed by atoms with Gasteiger partial charge in [0.2, 0.25) is 0 Å². The normalized spacial score (nSPS) is 10.6. The van der Waals surface area contributed by atoms with E-state index in [4.69, 9.17) is 16.7 Å². The maximum absolute atomic E-state index is 14.7. The lowest BCUT2D eigenvalue weighted by Gasteiger charge is -2.14. The lowest BCUT2D eigenvalue weighted by atomic mass is 10.2. The number of aromatic carboxylic acids is 1. The van der Waals surface area contributed by atoms with E-state index in [2.05, 4.69) is 27.9 Å². The number of halogens is 3. The Bertz CT molecular complexity index is 1110. The highest BCUT2D eigenvalue weighted by atomic mass is 127. The van der Waals surface area contributed by atoms with Crippen LogP contribution in [0.4, 0.5) is 21.5 Å². The van der Waals surface area contributed by atoms with Crippen molar-refractivity contribution in [3.8, 4) is 0 Å². The van der Waals surface area contributed by atoms with E-state index in [1.165, 1.54) is 18.2 Å². The molecule has 0 aliphatic carbocycles. The van der Waals surface area contributed by atoms with Crippen LogP contribution in [0.1, 0.15) is 10.4 Å². The van der Waals surface area contributed by atoms with Crippen LogP contribution in [0, 0.1) is 19.5 Å². The van der Waals surface area contributed by atoms with Crippen molar-refractivity contribution in [2.24, 2.45) is 0 Å². The van der Waals surface area contributed by atoms with E-state index in [0.717, 1.165) is 21.4 Å². The zero-order valence-electron chi connectivity index (χ0n) is 14.4. The molecule has 0 heterocycles. The predicted octanol–water partition coefficient (Wildman–Crippen LogP) is 6.58. The number of carbonyl (C=O) groups is 1. The van der Waals surface area contributed by atoms with Gasteiger partial charge in [-0.05, 0) is 65.1 Å². The minimum absolute atomic E-state index is 0.0334. The van der Waals surface area contributed by atoms with Crippen LogP contribution in [-0.2, 0) is 0 Å². The molecule has 0 spiro atoms. The molecular formula is C19H11ClFIN2O4S. The summed E-state index contributed by atoms with van der Waals surface area (Å²) in [4.78, 5) is 22.3. The minimum Gasteiger partial charge on any atom is -0.478 e. The largest absolute Gasteiger partial charge is 0.478 e. The van der Waals surface area contributed by atoms with Crippen LogP contribution in [0.3, 0.4) is 0 Å². The number of benzene rings is 3. The number of anilines is 2. The van der Waals surface area contributed by atoms with Crippen LogP contribution >= 0.6 is 46.0 Å². The molecule has 0 amide bonds. The first-order valence-electron chi connectivity index (χ1n) is 7.96. The number of nitrogens with one attached hydrogen (secondary N) is 1. The Morgan fingerprint density at radius 3 is 2.45 bits per heavy atom. The lowest BCUT2D eigenvalue weighted by Crippen LogP contribution is -2.00. The van der Waals surface area contributed by atoms with Gasteiger partial charge < -0.3 is 10.4 Å². The molecule has 0 unspecified atom stereocenters. The first kappa shape index (κ1) is 21.3. The second-order valence-corrected chi connectivity index (χ2v) is 8.51. The Kier molecular flexibility index (Phi) is 6.60. The number of hydrogen-bond donors (Lipinski definition) is 2. The predicted molar refractivity (Wildman–Crippen MR) is 118 cm³/mol. The number of nitro groups is 1. The fraction of sp³-hybridized carbons (Fsp3) is 0. The van der Waals surface area contributed by atoms with Gasteiger partial charge >= 0.3 is 5.97 Å². The maximum Gasteiger partial charge on any atom is 0.335 e. The molecule has 0 aliphatic rings. The van der Waals surface area contributed by atoms with Crippen LogP contribution < -0.4 is 5.32 Å². The summed E-state index contributed by atoms with van der Waals surface area (Å²) in [6.07, 6.45) is 0. The number of nitro benzene ring substituents is 1. The molecule has 29 heavy (non-hydrogen) atoms. The van der Waals surface area contributed by atoms with Gasteiger partial charge in [0.1, 0.15) is 0 Å². The Morgan fingerprint density at radius 1 is 1.17 bits per heavy atom. The second kappa shape index (κ2) is 8.97. The molecule has 3 aromatic carbocycles. The molecule has 3 aromatic rings. The summed E-state index contributed by atoms with van der Waals surface area (Å²) in [7, 11) is 0. The number of hydrogen-bond acceptors (Lipinski definition) is 5. The number of rotatable bonds is 6. The van der Waals surface area contributed by atoms with Gasteiger partial charge in [-0.2, -0.15) is 0 Å². The summed E-state index contributed by atoms with van der Waals surface area (Å²) >= 11 is 9.37. The van der Waals surface area contributed by atoms with E-state index in [1.807, 2.05) is 0 Å². The number of non-ortho nitro benzene ring substituents is 1. The standard InChI is InChI=1S/C19H11ClFIN2O4S/c20-14-7-11(22)3-6-16(14)23-18-15(21)8-12(24(27)28)9-17(18)29-13-4-1-10(2-5-13)19(25)26/h1-9,23H,(H,25,26). The van der Waals surface area contributed by atoms with Crippen molar-refractivity contribution in [3.63, 3.8) is 0 Å². The summed E-state index contributed by atoms with van der Waals surface area (Å²) in [6.45, 7) is 0. The fourth-order valence-corrected chi connectivity index (χ4v) is 4.25. The van der Waals surface area contributed by atoms with Crippen molar-refractivity contribution >= 4 is 69.0 Å². The number of nitrogens with zero attached hydrogens (tertiary/aromatic N) is 1. The van der Waals surface area contributed by atoms with Crippen molar-refractivity contribution in [1.82, 2.24) is 0 Å². The molecule has 0 fully saturated rings. The van der Waals surface area contributed by atoms with Gasteiger partial charge in [0.15, 0.2) is 5.82 Å². The lowest BCUT2D eigenvalue weighted by molar-refractivity contribution is -0.385. The molecule has 10 heteroatoms. The van der Waals surface area contributed by atoms with Gasteiger partial charge in [-0.3, -0.25) is 10.1 Å². The summed E-state index contributed by atoms with van der Waals surface area (Å²) in [5, 5.41) is 23.4. The van der Waals surface area contributed by atoms with Crippen LogP contribution in [0.15, 0.2) is 64.4 Å². The first-order valence-corrected chi connectivity index (χ1v) is 10.2. The molecule has 0 radical (unpaired) electrons. The highest BCUT2D eigenvalue weighted by molar-refractivity contribution is 14.1. The molecule has 0 atom stereocenters. The van der Waals surface area contributed by atoms with Gasteiger partial charge in [-0.25, -0.2) is 9.18 Å². The average molecular weight is 545 g/mol. The third kappa shape index (κ3) is 5.17. The molecular weight excluding hydrogens is 534 g/mol. The molecule has 2 N–H and O–H groups in total. The van der Waals surface area contributed by atoms with E-state index in [1.54, 1.807) is 30.3 Å². The van der Waals surface area contributed by atoms with Crippen LogP contribution in [0.25, 0.3) is 0 Å². The smallest absolute Gasteiger partial charge is 0.335 e. The SMILES string of the molecule is O=C(O)c1ccc(Sc2cc([N+](=O)[O-])cc(F)c2Nc2ccc(I)cc2Cl)cc1. The maximum atomic E-state index is 14.7. The van der Waals surface area contributed by atoms with Crippen molar-refractivity contribution in [2.45, 2.75) is 9.79 Å². The second-order valence-electron chi connectivity index (χ2n) is 5.74. The van der Waals surface area contributed by atoms with E-state index in [-0.39, 0.29) is 16.1 Å². The average Bonchev–Trinajstić information content (AvgIpc) is 2.66. The van der Waals surface area contributed by atoms with Gasteiger partial charge in [0.25, 0.3) is 5.69 Å². The molecule has 0 saturated heterocycles. The van der Waals surface area contributed by atoms with Gasteiger partial charge in [0, 0.05) is 19.4 Å². The fourth-order valence-electron chi connectivity index (χ4n) is 2.39. The summed E-state index contributed by atoms with van der Waals surface area (Å²) in [5.41, 5.74) is 0.184. The summed E-state index contributed by atoms with van der Waals surface area (Å²) in [5.74, 6) is -1.88. The van der Waals surface area contributed by atoms with Crippen molar-refractivity contribution in [2.75, 3.05) is 5.32 Å². The minimum atomic E-state index is -1.07. The molecule has 6 nitrogen and oxygen atoms in total. The van der Waals surface area contributed by atoms with Crippen LogP contribution in [0.5, 0.6) is 0 Å². The summed E-state index contributed by atoms with van der Waals surface area (Å²) < 4.78 is 15.6. The highest BCUT2D eigenvalue weighted by Crippen LogP contribution is 2.40. The molecule has 0 bridgehead atoms. The highest BCUT2D eigenvalue weighted by Gasteiger charge is 2.19. The third-order valence-electron chi connectivity index (χ3n) is 3.77. The Morgan fingerprint density at radius 2 is 1.86 bits per heavy atom. The zero-order valence-corrected chi connectivity index (χ0v) is 18.1. The van der Waals surface area contributed by atoms with Crippen molar-refractivity contribution in [3.05, 3.63) is 84.7 Å². The topological polar surface area (TPSA) is 92.5 Å². The van der Waals surface area contributed by atoms with E-state index >= 15 is 0 Å². The van der Waals surface area contributed by atoms with E-state index in [9.17, 15) is 19.3 Å². The Balaban J connectivity index is 2.02. The molecule has 0 aromatic heterocycles. The molecule has 148 valence electrons. The molecule has 0 aliphatic heterocycles. The van der Waals surface area contributed by atoms with Crippen molar-refractivity contribution in [1.29, 1.82) is 0 Å². The summed E-state index contributed by atoms with van der Waals surface area (Å²) in [6, 6.07) is 13.2. The number of carboxylic acids is 1. The third-order valence-corrected chi connectivity index (χ3v) is 5.80. The van der Waals surface area contributed by atoms with E-state index < -0.39 is 22.4 Å². The van der Waals surface area contributed by atoms with E-state index in [0.29, 0.717) is 15.6 Å². The van der Waals surface area contributed by atoms with Gasteiger partial charge in [-0.15, -0.1) is 0 Å². The zero-order chi connectivity index (χ0) is 21.1. The number of carboxylic acid groups (broad SMARTS) is 1. The Hall–Kier alpha value is -2.37. The molecule has 0 saturated carbocycles. The van der Waals surface area contributed by atoms with Crippen LogP contribution in [-0.4, -0.2) is 16.0 Å². The van der Waals surface area contributed by atoms with Gasteiger partial charge in [-0.1, -0.05) is 23.4 Å². The quantitative estimate of drug-likeness (QED) is 0.207. The van der Waals surface area contributed by atoms with Crippen molar-refractivity contribution < 1.29 is 19.2 Å². The van der Waals surface area contributed by atoms with Gasteiger partial charge in [0.05, 0.1) is 33.0 Å². The van der Waals surface area contributed by atoms with Crippen LogP contribution in [0.2, 0.25) is 5.02 Å². The first-order chi connectivity index (χ1) is 13.7. The Labute approximate surface area is 187 Å². The monoisotopic (exact) mass is 544 g/mol.